The number of likely N-dealkylation sites (tertiary alicyclic amines) is 1. The van der Waals surface area contributed by atoms with E-state index >= 15 is 0 Å². The van der Waals surface area contributed by atoms with E-state index in [1.54, 1.807) is 17.4 Å². The van der Waals surface area contributed by atoms with Crippen molar-refractivity contribution in [3.05, 3.63) is 58.3 Å². The van der Waals surface area contributed by atoms with Crippen LogP contribution in [0.4, 0.5) is 5.88 Å². The van der Waals surface area contributed by atoms with Crippen LogP contribution in [0.3, 0.4) is 0 Å². The van der Waals surface area contributed by atoms with E-state index in [0.29, 0.717) is 18.5 Å². The van der Waals surface area contributed by atoms with Crippen LogP contribution >= 0.6 is 11.3 Å². The van der Waals surface area contributed by atoms with Crippen molar-refractivity contribution in [3.8, 4) is 11.3 Å². The van der Waals surface area contributed by atoms with Gasteiger partial charge < -0.3 is 4.52 Å². The van der Waals surface area contributed by atoms with Gasteiger partial charge in [-0.2, -0.15) is 0 Å². The average Bonchev–Trinajstić information content (AvgIpc) is 3.36. The predicted octanol–water partition coefficient (Wildman–Crippen LogP) is 4.49. The van der Waals surface area contributed by atoms with Gasteiger partial charge in [-0.15, -0.1) is 11.3 Å². The van der Waals surface area contributed by atoms with Crippen LogP contribution < -0.4 is 5.32 Å². The molecule has 3 heterocycles. The first-order valence-electron chi connectivity index (χ1n) is 8.80. The summed E-state index contributed by atoms with van der Waals surface area (Å²) in [6, 6.07) is 14.4. The molecule has 1 aromatic carbocycles. The molecule has 1 saturated heterocycles. The van der Waals surface area contributed by atoms with Gasteiger partial charge in [0.2, 0.25) is 11.8 Å². The van der Waals surface area contributed by atoms with Crippen molar-refractivity contribution in [1.29, 1.82) is 0 Å². The first kappa shape index (κ1) is 17.0. The number of aryl methyl sites for hydroxylation is 1. The molecule has 0 bridgehead atoms. The maximum absolute atomic E-state index is 12.4. The summed E-state index contributed by atoms with van der Waals surface area (Å²) in [6.07, 6.45) is 2.23. The summed E-state index contributed by atoms with van der Waals surface area (Å²) in [6.45, 7) is 3.35. The maximum atomic E-state index is 12.4. The monoisotopic (exact) mass is 367 g/mol. The number of benzene rings is 1. The molecule has 4 rings (SSSR count). The Morgan fingerprint density at radius 1 is 1.35 bits per heavy atom. The Morgan fingerprint density at radius 3 is 2.96 bits per heavy atom. The molecule has 1 atom stereocenters. The number of nitrogens with one attached hydrogen (secondary N) is 1. The van der Waals surface area contributed by atoms with Crippen LogP contribution in [0.1, 0.15) is 29.3 Å². The highest BCUT2D eigenvalue weighted by atomic mass is 32.1. The fourth-order valence-corrected chi connectivity index (χ4v) is 4.27. The number of thiophene rings is 1. The third kappa shape index (κ3) is 3.71. The number of rotatable bonds is 5. The van der Waals surface area contributed by atoms with Gasteiger partial charge in [0, 0.05) is 22.5 Å². The Kier molecular flexibility index (Phi) is 4.86. The maximum Gasteiger partial charge on any atom is 0.240 e. The summed E-state index contributed by atoms with van der Waals surface area (Å²) in [5, 5.41) is 8.98. The lowest BCUT2D eigenvalue weighted by Crippen LogP contribution is -2.32. The van der Waals surface area contributed by atoms with Crippen molar-refractivity contribution in [3.63, 3.8) is 0 Å². The molecule has 0 radical (unpaired) electrons. The Hall–Kier alpha value is -2.44. The van der Waals surface area contributed by atoms with E-state index in [1.165, 1.54) is 10.4 Å². The zero-order valence-corrected chi connectivity index (χ0v) is 15.5. The molecule has 1 aliphatic rings. The van der Waals surface area contributed by atoms with Crippen molar-refractivity contribution in [1.82, 2.24) is 10.1 Å². The Labute approximate surface area is 156 Å². The number of nitrogens with zero attached hydrogens (tertiary/aromatic N) is 2. The van der Waals surface area contributed by atoms with Gasteiger partial charge in [0.05, 0.1) is 6.54 Å². The second-order valence-corrected chi connectivity index (χ2v) is 7.61. The van der Waals surface area contributed by atoms with Crippen LogP contribution in [-0.4, -0.2) is 29.1 Å². The third-order valence-electron chi connectivity index (χ3n) is 4.70. The van der Waals surface area contributed by atoms with Crippen LogP contribution in [0, 0.1) is 6.92 Å². The molecule has 0 aliphatic carbocycles. The quantitative estimate of drug-likeness (QED) is 0.722. The summed E-state index contributed by atoms with van der Waals surface area (Å²) in [4.78, 5) is 16.0. The molecular weight excluding hydrogens is 346 g/mol. The molecule has 5 nitrogen and oxygen atoms in total. The van der Waals surface area contributed by atoms with E-state index < -0.39 is 0 Å². The minimum atomic E-state index is -0.0694. The van der Waals surface area contributed by atoms with E-state index in [1.807, 2.05) is 31.2 Å². The van der Waals surface area contributed by atoms with E-state index in [4.69, 9.17) is 4.52 Å². The summed E-state index contributed by atoms with van der Waals surface area (Å²) < 4.78 is 5.29. The lowest BCUT2D eigenvalue weighted by Gasteiger charge is -2.22. The normalized spacial score (nSPS) is 17.5. The number of carbonyl (C=O) groups excluding carboxylic acids is 1. The Balaban J connectivity index is 1.38. The van der Waals surface area contributed by atoms with Crippen molar-refractivity contribution in [2.45, 2.75) is 25.8 Å². The van der Waals surface area contributed by atoms with Gasteiger partial charge >= 0.3 is 0 Å². The summed E-state index contributed by atoms with van der Waals surface area (Å²) in [5.41, 5.74) is 2.88. The highest BCUT2D eigenvalue weighted by molar-refractivity contribution is 7.10. The van der Waals surface area contributed by atoms with E-state index in [0.717, 1.165) is 30.6 Å². The smallest absolute Gasteiger partial charge is 0.240 e. The molecule has 1 aliphatic heterocycles. The van der Waals surface area contributed by atoms with Gasteiger partial charge in [0.1, 0.15) is 5.69 Å². The van der Waals surface area contributed by atoms with Crippen molar-refractivity contribution in [2.24, 2.45) is 0 Å². The van der Waals surface area contributed by atoms with Crippen molar-refractivity contribution >= 4 is 23.1 Å². The topological polar surface area (TPSA) is 58.4 Å². The lowest BCUT2D eigenvalue weighted by molar-refractivity contribution is -0.117. The summed E-state index contributed by atoms with van der Waals surface area (Å²) in [5.74, 6) is 0.317. The molecule has 26 heavy (non-hydrogen) atoms. The fraction of sp³-hybridized carbons (Fsp3) is 0.300. The van der Waals surface area contributed by atoms with Gasteiger partial charge in [-0.1, -0.05) is 41.1 Å². The van der Waals surface area contributed by atoms with Crippen LogP contribution in [0.2, 0.25) is 0 Å². The second kappa shape index (κ2) is 7.43. The predicted molar refractivity (Wildman–Crippen MR) is 103 cm³/mol. The van der Waals surface area contributed by atoms with Crippen molar-refractivity contribution < 1.29 is 9.32 Å². The SMILES string of the molecule is Cc1ccc(-c2cc(NC(=O)CN3CCCC3c3cccs3)on2)cc1. The summed E-state index contributed by atoms with van der Waals surface area (Å²) >= 11 is 1.76. The average molecular weight is 367 g/mol. The van der Waals surface area contributed by atoms with Gasteiger partial charge in [0.15, 0.2) is 0 Å². The van der Waals surface area contributed by atoms with Gasteiger partial charge in [0.25, 0.3) is 0 Å². The van der Waals surface area contributed by atoms with Crippen LogP contribution in [-0.2, 0) is 4.79 Å². The Morgan fingerprint density at radius 2 is 2.19 bits per heavy atom. The number of hydrogen-bond donors (Lipinski definition) is 1. The van der Waals surface area contributed by atoms with Crippen LogP contribution in [0.5, 0.6) is 0 Å². The molecule has 1 unspecified atom stereocenters. The number of anilines is 1. The molecule has 2 aromatic heterocycles. The first-order chi connectivity index (χ1) is 12.7. The number of hydrogen-bond acceptors (Lipinski definition) is 5. The number of carbonyl (C=O) groups is 1. The first-order valence-corrected chi connectivity index (χ1v) is 9.68. The van der Waals surface area contributed by atoms with Crippen LogP contribution in [0.15, 0.2) is 52.4 Å². The zero-order chi connectivity index (χ0) is 17.9. The number of aromatic nitrogens is 1. The van der Waals surface area contributed by atoms with Gasteiger partial charge in [-0.25, -0.2) is 0 Å². The largest absolute Gasteiger partial charge is 0.338 e. The van der Waals surface area contributed by atoms with E-state index in [2.05, 4.69) is 32.9 Å². The molecule has 1 amide bonds. The molecule has 0 spiro atoms. The summed E-state index contributed by atoms with van der Waals surface area (Å²) in [7, 11) is 0. The van der Waals surface area contributed by atoms with Crippen LogP contribution in [0.25, 0.3) is 11.3 Å². The minimum Gasteiger partial charge on any atom is -0.338 e. The lowest BCUT2D eigenvalue weighted by atomic mass is 10.1. The molecule has 0 saturated carbocycles. The molecular formula is C20H21N3O2S. The molecule has 6 heteroatoms. The molecule has 1 fully saturated rings. The second-order valence-electron chi connectivity index (χ2n) is 6.63. The number of amides is 1. The van der Waals surface area contributed by atoms with E-state index in [-0.39, 0.29) is 5.91 Å². The zero-order valence-electron chi connectivity index (χ0n) is 14.6. The highest BCUT2D eigenvalue weighted by Crippen LogP contribution is 2.34. The molecule has 1 N–H and O–H groups in total. The molecule has 134 valence electrons. The van der Waals surface area contributed by atoms with Gasteiger partial charge in [-0.05, 0) is 37.8 Å². The highest BCUT2D eigenvalue weighted by Gasteiger charge is 2.28. The molecule has 3 aromatic rings. The third-order valence-corrected chi connectivity index (χ3v) is 5.68. The minimum absolute atomic E-state index is 0.0694. The van der Waals surface area contributed by atoms with Gasteiger partial charge in [-0.3, -0.25) is 15.0 Å². The van der Waals surface area contributed by atoms with E-state index in [9.17, 15) is 4.79 Å². The van der Waals surface area contributed by atoms with Crippen molar-refractivity contribution in [2.75, 3.05) is 18.4 Å². The Bertz CT molecular complexity index is 871. The fourth-order valence-electron chi connectivity index (χ4n) is 3.37. The standard InChI is InChI=1S/C20H21N3O2S/c1-14-6-8-15(9-7-14)16-12-20(25-22-16)21-19(24)13-23-10-2-4-17(23)18-5-3-11-26-18/h3,5-9,11-12,17H,2,4,10,13H2,1H3,(H,21,24).